The molecule has 2 atom stereocenters. The number of sulfonamides is 1. The van der Waals surface area contributed by atoms with Crippen LogP contribution in [0.3, 0.4) is 0 Å². The number of carbonyl (C=O) groups is 3. The number of nitrogens with two attached hydrogens (primary N) is 1. The van der Waals surface area contributed by atoms with Crippen LogP contribution in [0.2, 0.25) is 0 Å². The highest BCUT2D eigenvalue weighted by molar-refractivity contribution is 7.89. The largest absolute Gasteiger partial charge is 0.618 e. The lowest BCUT2D eigenvalue weighted by atomic mass is 9.80. The molecule has 1 aliphatic heterocycles. The minimum atomic E-state index is -4.25. The van der Waals surface area contributed by atoms with Crippen LogP contribution in [0, 0.1) is 11.6 Å². The van der Waals surface area contributed by atoms with Crippen molar-refractivity contribution >= 4 is 27.6 Å². The Kier molecular flexibility index (Phi) is 7.42. The zero-order chi connectivity index (χ0) is 24.4. The van der Waals surface area contributed by atoms with Gasteiger partial charge in [-0.3, -0.25) is 14.4 Å². The second-order valence-corrected chi connectivity index (χ2v) is 11.0. The highest BCUT2D eigenvalue weighted by atomic mass is 32.2. The molecule has 2 amide bonds. The maximum Gasteiger partial charge on any atom is 0.323 e. The fourth-order valence-corrected chi connectivity index (χ4v) is 6.64. The molecule has 11 heteroatoms. The molecule has 0 spiro atoms. The van der Waals surface area contributed by atoms with Crippen molar-refractivity contribution in [2.75, 3.05) is 6.54 Å². The van der Waals surface area contributed by atoms with Crippen LogP contribution in [0.15, 0.2) is 29.4 Å². The predicted octanol–water partition coefficient (Wildman–Crippen LogP) is 0.672. The highest BCUT2D eigenvalue weighted by Crippen LogP contribution is 2.37. The van der Waals surface area contributed by atoms with E-state index in [1.807, 2.05) is 6.92 Å². The number of carbonyl (C=O) groups excluding carboxylic acids is 3. The molecule has 0 unspecified atom stereocenters. The van der Waals surface area contributed by atoms with Crippen molar-refractivity contribution in [3.05, 3.63) is 36.0 Å². The van der Waals surface area contributed by atoms with Gasteiger partial charge in [-0.05, 0) is 45.6 Å². The van der Waals surface area contributed by atoms with Crippen LogP contribution in [-0.2, 0) is 24.4 Å². The molecule has 3 rings (SSSR count). The van der Waals surface area contributed by atoms with Gasteiger partial charge in [-0.15, -0.1) is 0 Å². The molecule has 10 nitrogen and oxygen atoms in total. The van der Waals surface area contributed by atoms with Gasteiger partial charge in [0.25, 0.3) is 0 Å². The molecular weight excluding hydrogens is 448 g/mol. The fourth-order valence-electron chi connectivity index (χ4n) is 4.99. The Morgan fingerprint density at radius 2 is 1.91 bits per heavy atom. The molecule has 0 aromatic carbocycles. The summed E-state index contributed by atoms with van der Waals surface area (Å²) in [5.74, 6) is -1.98. The average molecular weight is 480 g/mol. The number of amides is 2. The van der Waals surface area contributed by atoms with Crippen LogP contribution in [0.4, 0.5) is 0 Å². The van der Waals surface area contributed by atoms with Crippen LogP contribution in [0.1, 0.15) is 58.8 Å². The van der Waals surface area contributed by atoms with E-state index in [0.717, 1.165) is 36.2 Å². The lowest BCUT2D eigenvalue weighted by molar-refractivity contribution is -0.646. The normalized spacial score (nSPS) is 24.1. The van der Waals surface area contributed by atoms with Gasteiger partial charge in [0.05, 0.1) is 12.6 Å². The standard InChI is InChI=1S/C22H31N4O6S/c1-16-9-10-17(26(20(29)14-19(23)28)22(2)11-5-3-6-12-22)18(27)15-25(16)33(31,32)21-8-4-7-13-24(21)30/h4,7-8,13-14,16-17H,3,5-6,9-12,15H2,1-2H3,(H2,23,28)/t16-,17+/m1/s1. The molecule has 2 fully saturated rings. The summed E-state index contributed by atoms with van der Waals surface area (Å²) in [6, 6.07) is 2.60. The van der Waals surface area contributed by atoms with Gasteiger partial charge in [0.15, 0.2) is 12.0 Å². The maximum atomic E-state index is 13.4. The van der Waals surface area contributed by atoms with E-state index in [2.05, 4.69) is 0 Å². The third kappa shape index (κ3) is 5.19. The van der Waals surface area contributed by atoms with Gasteiger partial charge in [-0.1, -0.05) is 19.3 Å². The summed E-state index contributed by atoms with van der Waals surface area (Å²) in [5.41, 5.74) is 4.59. The molecule has 1 saturated carbocycles. The second kappa shape index (κ2) is 9.76. The van der Waals surface area contributed by atoms with Crippen molar-refractivity contribution in [3.63, 3.8) is 0 Å². The summed E-state index contributed by atoms with van der Waals surface area (Å²) < 4.78 is 27.8. The van der Waals surface area contributed by atoms with Gasteiger partial charge in [0, 0.05) is 23.7 Å². The molecule has 181 valence electrons. The molecule has 1 aliphatic carbocycles. The van der Waals surface area contributed by atoms with E-state index in [-0.39, 0.29) is 11.2 Å². The lowest BCUT2D eigenvalue weighted by Gasteiger charge is -2.47. The Balaban J connectivity index is 1.95. The predicted molar refractivity (Wildman–Crippen MR) is 119 cm³/mol. The summed E-state index contributed by atoms with van der Waals surface area (Å²) in [4.78, 5) is 39.4. The van der Waals surface area contributed by atoms with Gasteiger partial charge in [0.1, 0.15) is 6.42 Å². The first-order valence-corrected chi connectivity index (χ1v) is 12.6. The number of rotatable bonds is 6. The summed E-state index contributed by atoms with van der Waals surface area (Å²) >= 11 is 0. The number of primary amides is 1. The van der Waals surface area contributed by atoms with E-state index in [0.29, 0.717) is 19.3 Å². The molecule has 1 aromatic rings. The number of nitrogens with zero attached hydrogens (tertiary/aromatic N) is 3. The van der Waals surface area contributed by atoms with Gasteiger partial charge in [-0.25, -0.2) is 8.42 Å². The van der Waals surface area contributed by atoms with Crippen molar-refractivity contribution in [2.24, 2.45) is 5.73 Å². The van der Waals surface area contributed by atoms with Crippen molar-refractivity contribution in [3.8, 4) is 0 Å². The maximum absolute atomic E-state index is 13.4. The summed E-state index contributed by atoms with van der Waals surface area (Å²) in [6.45, 7) is 3.11. The summed E-state index contributed by atoms with van der Waals surface area (Å²) in [5, 5.41) is 11.7. The third-order valence-electron chi connectivity index (χ3n) is 6.72. The van der Waals surface area contributed by atoms with Crippen molar-refractivity contribution in [1.82, 2.24) is 9.21 Å². The first kappa shape index (κ1) is 25.1. The van der Waals surface area contributed by atoms with E-state index in [1.165, 1.54) is 23.1 Å². The molecule has 33 heavy (non-hydrogen) atoms. The van der Waals surface area contributed by atoms with Crippen LogP contribution in [0.25, 0.3) is 0 Å². The second-order valence-electron chi connectivity index (χ2n) is 9.14. The van der Waals surface area contributed by atoms with Gasteiger partial charge < -0.3 is 15.8 Å². The number of pyridine rings is 1. The Labute approximate surface area is 194 Å². The zero-order valence-electron chi connectivity index (χ0n) is 19.0. The Morgan fingerprint density at radius 3 is 2.52 bits per heavy atom. The fraction of sp³-hybridized carbons (Fsp3) is 0.591. The van der Waals surface area contributed by atoms with Crippen molar-refractivity contribution in [2.45, 2.75) is 81.4 Å². The number of hydrogen-bond donors (Lipinski definition) is 1. The van der Waals surface area contributed by atoms with Gasteiger partial charge >= 0.3 is 15.0 Å². The van der Waals surface area contributed by atoms with Gasteiger partial charge in [-0.2, -0.15) is 9.04 Å². The quantitative estimate of drug-likeness (QED) is 0.361. The topological polar surface area (TPSA) is 145 Å². The minimum Gasteiger partial charge on any atom is -0.618 e. The molecule has 0 bridgehead atoms. The first-order chi connectivity index (χ1) is 15.5. The van der Waals surface area contributed by atoms with Gasteiger partial charge in [0.2, 0.25) is 11.8 Å². The average Bonchev–Trinajstić information content (AvgIpc) is 2.88. The molecule has 1 radical (unpaired) electrons. The van der Waals surface area contributed by atoms with E-state index in [4.69, 9.17) is 5.73 Å². The molecule has 2 aliphatic rings. The van der Waals surface area contributed by atoms with E-state index in [9.17, 15) is 28.0 Å². The number of Topliss-reactive ketones (excluding diaryl/α,β-unsaturated/α-hetero) is 1. The van der Waals surface area contributed by atoms with Crippen LogP contribution >= 0.6 is 0 Å². The van der Waals surface area contributed by atoms with Crippen LogP contribution < -0.4 is 10.5 Å². The van der Waals surface area contributed by atoms with Crippen molar-refractivity contribution in [1.29, 1.82) is 0 Å². The lowest BCUT2D eigenvalue weighted by Crippen LogP contribution is -2.59. The Bertz CT molecular complexity index is 1020. The molecule has 2 N–H and O–H groups in total. The monoisotopic (exact) mass is 479 g/mol. The first-order valence-electron chi connectivity index (χ1n) is 11.2. The van der Waals surface area contributed by atoms with Crippen LogP contribution in [0.5, 0.6) is 0 Å². The van der Waals surface area contributed by atoms with Crippen LogP contribution in [-0.4, -0.2) is 59.4 Å². The molecule has 2 heterocycles. The minimum absolute atomic E-state index is 0.242. The van der Waals surface area contributed by atoms with E-state index >= 15 is 0 Å². The Morgan fingerprint density at radius 1 is 1.24 bits per heavy atom. The Hall–Kier alpha value is -2.53. The van der Waals surface area contributed by atoms with Crippen molar-refractivity contribution < 1.29 is 27.5 Å². The molecule has 1 saturated heterocycles. The third-order valence-corrected chi connectivity index (χ3v) is 8.67. The summed E-state index contributed by atoms with van der Waals surface area (Å²) in [6.07, 6.45) is 6.55. The van der Waals surface area contributed by atoms with E-state index < -0.39 is 56.8 Å². The highest BCUT2D eigenvalue weighted by Gasteiger charge is 2.47. The molecule has 1 aromatic heterocycles. The number of hydrogen-bond acceptors (Lipinski definition) is 6. The smallest absolute Gasteiger partial charge is 0.323 e. The van der Waals surface area contributed by atoms with E-state index in [1.54, 1.807) is 6.92 Å². The zero-order valence-corrected chi connectivity index (χ0v) is 19.8. The number of ketones is 1. The SMILES string of the molecule is C[C@@H]1CC[C@H](N(C(=O)[CH]C(N)=O)C2(C)CCCCC2)C(=O)CN1S(=O)(=O)c1cccc[n+]1[O-]. The molecular formula is C22H31N4O6S. The summed E-state index contributed by atoms with van der Waals surface area (Å²) in [7, 11) is -4.25. The number of aromatic nitrogens is 1.